The minimum atomic E-state index is 1.15. The van der Waals surface area contributed by atoms with E-state index < -0.39 is 0 Å². The third-order valence-corrected chi connectivity index (χ3v) is 11.9. The molecule has 53 heavy (non-hydrogen) atoms. The van der Waals surface area contributed by atoms with Crippen molar-refractivity contribution in [2.24, 2.45) is 0 Å². The molecule has 3 heterocycles. The second-order valence-electron chi connectivity index (χ2n) is 13.8. The van der Waals surface area contributed by atoms with E-state index in [0.29, 0.717) is 0 Å². The molecule has 0 saturated carbocycles. The van der Waals surface area contributed by atoms with Crippen LogP contribution < -0.4 is 0 Å². The first kappa shape index (κ1) is 30.0. The number of thiophene rings is 1. The van der Waals surface area contributed by atoms with Gasteiger partial charge in [0.05, 0.1) is 26.8 Å². The molecule has 3 aromatic heterocycles. The topological polar surface area (TPSA) is 9.86 Å². The first-order chi connectivity index (χ1) is 26.3. The quantitative estimate of drug-likeness (QED) is 0.170. The summed E-state index contributed by atoms with van der Waals surface area (Å²) in [7, 11) is 0. The van der Waals surface area contributed by atoms with Gasteiger partial charge >= 0.3 is 0 Å². The van der Waals surface area contributed by atoms with Crippen molar-refractivity contribution >= 4 is 64.3 Å². The molecule has 2 nitrogen and oxygen atoms in total. The zero-order chi connectivity index (χ0) is 34.9. The lowest BCUT2D eigenvalue weighted by atomic mass is 10.00. The number of fused-ring (bicyclic) bond motifs is 8. The lowest BCUT2D eigenvalue weighted by Crippen LogP contribution is -1.94. The normalized spacial score (nSPS) is 11.8. The van der Waals surface area contributed by atoms with Crippen LogP contribution in [0.15, 0.2) is 194 Å². The summed E-state index contributed by atoms with van der Waals surface area (Å²) in [4.78, 5) is 0. The third kappa shape index (κ3) is 4.78. The summed E-state index contributed by atoms with van der Waals surface area (Å²) in [5.74, 6) is 0. The highest BCUT2D eigenvalue weighted by Gasteiger charge is 2.18. The van der Waals surface area contributed by atoms with Crippen LogP contribution in [0.25, 0.3) is 97.8 Å². The number of hydrogen-bond donors (Lipinski definition) is 0. The van der Waals surface area contributed by atoms with Crippen molar-refractivity contribution in [1.29, 1.82) is 0 Å². The van der Waals surface area contributed by atoms with E-state index in [1.54, 1.807) is 0 Å². The molecule has 0 bridgehead atoms. The van der Waals surface area contributed by atoms with E-state index in [-0.39, 0.29) is 0 Å². The smallest absolute Gasteiger partial charge is 0.0727 e. The Morgan fingerprint density at radius 2 is 0.736 bits per heavy atom. The first-order valence-electron chi connectivity index (χ1n) is 18.1. The number of para-hydroxylation sites is 1. The molecule has 248 valence electrons. The Labute approximate surface area is 311 Å². The largest absolute Gasteiger partial charge is 0.309 e. The van der Waals surface area contributed by atoms with Crippen LogP contribution in [-0.4, -0.2) is 9.13 Å². The number of hydrogen-bond acceptors (Lipinski definition) is 1. The number of benzene rings is 8. The molecule has 0 atom stereocenters. The third-order valence-electron chi connectivity index (χ3n) is 10.7. The molecular formula is C50H32N2S. The predicted octanol–water partition coefficient (Wildman–Crippen LogP) is 14.1. The van der Waals surface area contributed by atoms with Gasteiger partial charge in [0.25, 0.3) is 0 Å². The molecule has 3 heteroatoms. The van der Waals surface area contributed by atoms with Gasteiger partial charge < -0.3 is 9.13 Å². The molecule has 0 aliphatic rings. The van der Waals surface area contributed by atoms with Crippen molar-refractivity contribution < 1.29 is 0 Å². The highest BCUT2D eigenvalue weighted by molar-refractivity contribution is 7.26. The van der Waals surface area contributed by atoms with Crippen molar-refractivity contribution in [2.75, 3.05) is 0 Å². The Bertz CT molecular complexity index is 3120. The molecule has 0 N–H and O–H groups in total. The predicted molar refractivity (Wildman–Crippen MR) is 227 cm³/mol. The fourth-order valence-corrected chi connectivity index (χ4v) is 9.44. The van der Waals surface area contributed by atoms with Crippen molar-refractivity contribution in [2.45, 2.75) is 0 Å². The van der Waals surface area contributed by atoms with Crippen LogP contribution >= 0.6 is 11.3 Å². The van der Waals surface area contributed by atoms with Gasteiger partial charge in [0.1, 0.15) is 0 Å². The molecule has 0 amide bonds. The monoisotopic (exact) mass is 692 g/mol. The van der Waals surface area contributed by atoms with Gasteiger partial charge in [-0.25, -0.2) is 0 Å². The van der Waals surface area contributed by atoms with Gasteiger partial charge in [0.2, 0.25) is 0 Å². The summed E-state index contributed by atoms with van der Waals surface area (Å²) in [5.41, 5.74) is 14.5. The summed E-state index contributed by atoms with van der Waals surface area (Å²) >= 11 is 1.89. The van der Waals surface area contributed by atoms with Gasteiger partial charge in [0, 0.05) is 37.6 Å². The maximum absolute atomic E-state index is 2.44. The lowest BCUT2D eigenvalue weighted by Gasteiger charge is -2.11. The second kappa shape index (κ2) is 11.9. The number of aromatic nitrogens is 2. The minimum absolute atomic E-state index is 1.15. The highest BCUT2D eigenvalue weighted by atomic mass is 32.1. The van der Waals surface area contributed by atoms with Crippen molar-refractivity contribution in [1.82, 2.24) is 9.13 Å². The Morgan fingerprint density at radius 3 is 1.36 bits per heavy atom. The molecular weight excluding hydrogens is 661 g/mol. The van der Waals surface area contributed by atoms with E-state index >= 15 is 0 Å². The SMILES string of the molecule is c1ccc(-c2ccc(-n3c4ccc(-c5ccccc5)cc4c4cc(-c5ccc(-n6c7ccccc7c7sc8ccccc8c76)cc5)ccc43)cc2)cc1. The summed E-state index contributed by atoms with van der Waals surface area (Å²) in [6, 6.07) is 70.8. The molecule has 11 rings (SSSR count). The molecule has 0 radical (unpaired) electrons. The van der Waals surface area contributed by atoms with Crippen LogP contribution in [-0.2, 0) is 0 Å². The summed E-state index contributed by atoms with van der Waals surface area (Å²) in [5, 5.41) is 5.10. The van der Waals surface area contributed by atoms with E-state index in [2.05, 4.69) is 203 Å². The first-order valence-corrected chi connectivity index (χ1v) is 18.9. The fourth-order valence-electron chi connectivity index (χ4n) is 8.21. The molecule has 11 aromatic rings. The molecule has 0 unspecified atom stereocenters. The molecule has 0 fully saturated rings. The standard InChI is InChI=1S/C50H32N2S/c1-3-11-33(12-4-1)35-19-25-39(26-20-35)51-46-29-23-37(34-13-5-2-6-14-34)31-43(46)44-32-38(24-30-47(44)51)36-21-27-40(28-22-36)52-45-17-9-7-15-41(45)50-49(52)42-16-8-10-18-48(42)53-50/h1-32H. The molecule has 8 aromatic carbocycles. The molecule has 0 saturated heterocycles. The highest BCUT2D eigenvalue weighted by Crippen LogP contribution is 2.43. The van der Waals surface area contributed by atoms with E-state index in [1.807, 2.05) is 11.3 Å². The Kier molecular flexibility index (Phi) is 6.76. The molecule has 0 spiro atoms. The van der Waals surface area contributed by atoms with Gasteiger partial charge in [-0.2, -0.15) is 0 Å². The summed E-state index contributed by atoms with van der Waals surface area (Å²) < 4.78 is 7.52. The van der Waals surface area contributed by atoms with Gasteiger partial charge in [-0.15, -0.1) is 11.3 Å². The fraction of sp³-hybridized carbons (Fsp3) is 0. The summed E-state index contributed by atoms with van der Waals surface area (Å²) in [6.07, 6.45) is 0. The van der Waals surface area contributed by atoms with E-state index in [4.69, 9.17) is 0 Å². The van der Waals surface area contributed by atoms with Gasteiger partial charge in [-0.05, 0) is 94.0 Å². The lowest BCUT2D eigenvalue weighted by molar-refractivity contribution is 1.18. The van der Waals surface area contributed by atoms with E-state index in [1.165, 1.54) is 92.1 Å². The maximum Gasteiger partial charge on any atom is 0.0727 e. The van der Waals surface area contributed by atoms with Crippen LogP contribution in [0.3, 0.4) is 0 Å². The zero-order valence-corrected chi connectivity index (χ0v) is 29.6. The van der Waals surface area contributed by atoms with Crippen LogP contribution in [0.2, 0.25) is 0 Å². The average Bonchev–Trinajstić information content (AvgIpc) is 3.88. The van der Waals surface area contributed by atoms with E-state index in [9.17, 15) is 0 Å². The number of nitrogens with zero attached hydrogens (tertiary/aromatic N) is 2. The van der Waals surface area contributed by atoms with Gasteiger partial charge in [-0.1, -0.05) is 133 Å². The zero-order valence-electron chi connectivity index (χ0n) is 28.8. The van der Waals surface area contributed by atoms with Crippen molar-refractivity contribution in [3.63, 3.8) is 0 Å². The van der Waals surface area contributed by atoms with Gasteiger partial charge in [-0.3, -0.25) is 0 Å². The van der Waals surface area contributed by atoms with Crippen LogP contribution in [0, 0.1) is 0 Å². The van der Waals surface area contributed by atoms with Crippen molar-refractivity contribution in [3.8, 4) is 44.8 Å². The Morgan fingerprint density at radius 1 is 0.302 bits per heavy atom. The second-order valence-corrected chi connectivity index (χ2v) is 14.8. The average molecular weight is 693 g/mol. The Balaban J connectivity index is 1.06. The van der Waals surface area contributed by atoms with E-state index in [0.717, 1.165) is 5.69 Å². The molecule has 0 aliphatic heterocycles. The minimum Gasteiger partial charge on any atom is -0.309 e. The maximum atomic E-state index is 2.44. The number of rotatable bonds is 5. The van der Waals surface area contributed by atoms with Crippen LogP contribution in [0.4, 0.5) is 0 Å². The van der Waals surface area contributed by atoms with Crippen LogP contribution in [0.5, 0.6) is 0 Å². The van der Waals surface area contributed by atoms with Crippen molar-refractivity contribution in [3.05, 3.63) is 194 Å². The molecule has 0 aliphatic carbocycles. The van der Waals surface area contributed by atoms with Gasteiger partial charge in [0.15, 0.2) is 0 Å². The summed E-state index contributed by atoms with van der Waals surface area (Å²) in [6.45, 7) is 0. The van der Waals surface area contributed by atoms with Crippen LogP contribution in [0.1, 0.15) is 0 Å². The Hall–Kier alpha value is -6.68.